The van der Waals surface area contributed by atoms with E-state index in [4.69, 9.17) is 11.5 Å². The summed E-state index contributed by atoms with van der Waals surface area (Å²) < 4.78 is 4.42. The van der Waals surface area contributed by atoms with Gasteiger partial charge in [0, 0.05) is 0 Å². The fraction of sp³-hybridized carbons (Fsp3) is 0.200. The molecule has 0 bridgehead atoms. The van der Waals surface area contributed by atoms with Crippen LogP contribution in [0.15, 0.2) is 4.52 Å². The van der Waals surface area contributed by atoms with Crippen molar-refractivity contribution in [2.24, 2.45) is 5.73 Å². The molecule has 0 saturated heterocycles. The van der Waals surface area contributed by atoms with Crippen molar-refractivity contribution in [1.82, 2.24) is 10.1 Å². The van der Waals surface area contributed by atoms with Gasteiger partial charge in [-0.2, -0.15) is 4.98 Å². The molecular formula is C5H7N4O2. The molecule has 6 nitrogen and oxygen atoms in total. The SMILES string of the molecule is C[C](C(N)=O)c1noc(N)n1. The van der Waals surface area contributed by atoms with Crippen LogP contribution in [-0.2, 0) is 4.79 Å². The van der Waals surface area contributed by atoms with E-state index in [0.717, 1.165) is 0 Å². The Bertz CT molecular complexity index is 269. The first-order valence-electron chi connectivity index (χ1n) is 2.84. The predicted molar refractivity (Wildman–Crippen MR) is 35.9 cm³/mol. The topological polar surface area (TPSA) is 108 Å². The van der Waals surface area contributed by atoms with Crippen molar-refractivity contribution in [1.29, 1.82) is 0 Å². The third kappa shape index (κ3) is 1.46. The van der Waals surface area contributed by atoms with Crippen molar-refractivity contribution in [3.63, 3.8) is 0 Å². The molecule has 0 aliphatic heterocycles. The van der Waals surface area contributed by atoms with Crippen LogP contribution < -0.4 is 11.5 Å². The first-order valence-corrected chi connectivity index (χ1v) is 2.84. The lowest BCUT2D eigenvalue weighted by molar-refractivity contribution is -0.115. The van der Waals surface area contributed by atoms with Gasteiger partial charge in [-0.05, 0) is 6.92 Å². The van der Waals surface area contributed by atoms with E-state index in [-0.39, 0.29) is 17.8 Å². The number of nitrogens with zero attached hydrogens (tertiary/aromatic N) is 2. The fourth-order valence-electron chi connectivity index (χ4n) is 0.498. The summed E-state index contributed by atoms with van der Waals surface area (Å²) in [6.45, 7) is 1.49. The molecule has 0 unspecified atom stereocenters. The minimum atomic E-state index is -0.592. The van der Waals surface area contributed by atoms with Crippen LogP contribution in [0, 0.1) is 5.92 Å². The summed E-state index contributed by atoms with van der Waals surface area (Å²) in [5.74, 6) is -0.230. The number of anilines is 1. The molecule has 0 atom stereocenters. The third-order valence-electron chi connectivity index (χ3n) is 1.15. The summed E-state index contributed by atoms with van der Waals surface area (Å²) in [6.07, 6.45) is 0. The highest BCUT2D eigenvalue weighted by atomic mass is 16.5. The van der Waals surface area contributed by atoms with Crippen molar-refractivity contribution < 1.29 is 9.32 Å². The molecular weight excluding hydrogens is 148 g/mol. The van der Waals surface area contributed by atoms with E-state index in [1.807, 2.05) is 0 Å². The first-order chi connectivity index (χ1) is 5.11. The Morgan fingerprint density at radius 2 is 2.27 bits per heavy atom. The second-order valence-corrected chi connectivity index (χ2v) is 1.95. The summed E-state index contributed by atoms with van der Waals surface area (Å²) in [5, 5.41) is 3.39. The Hall–Kier alpha value is -1.59. The van der Waals surface area contributed by atoms with E-state index < -0.39 is 5.91 Å². The van der Waals surface area contributed by atoms with E-state index in [2.05, 4.69) is 14.7 Å². The van der Waals surface area contributed by atoms with E-state index in [1.165, 1.54) is 6.92 Å². The summed E-state index contributed by atoms with van der Waals surface area (Å²) in [4.78, 5) is 14.1. The van der Waals surface area contributed by atoms with E-state index >= 15 is 0 Å². The van der Waals surface area contributed by atoms with Gasteiger partial charge in [-0.25, -0.2) is 0 Å². The predicted octanol–water partition coefficient (Wildman–Crippen LogP) is -0.920. The average Bonchev–Trinajstić information content (AvgIpc) is 2.34. The van der Waals surface area contributed by atoms with Crippen molar-refractivity contribution in [2.45, 2.75) is 6.92 Å². The Morgan fingerprint density at radius 3 is 2.64 bits per heavy atom. The monoisotopic (exact) mass is 155 g/mol. The van der Waals surface area contributed by atoms with Crippen LogP contribution in [0.1, 0.15) is 12.7 Å². The van der Waals surface area contributed by atoms with Crippen LogP contribution in [0.25, 0.3) is 0 Å². The van der Waals surface area contributed by atoms with Gasteiger partial charge in [0.25, 0.3) is 0 Å². The summed E-state index contributed by atoms with van der Waals surface area (Å²) in [5.41, 5.74) is 10.0. The largest absolute Gasteiger partial charge is 0.369 e. The maximum absolute atomic E-state index is 10.5. The summed E-state index contributed by atoms with van der Waals surface area (Å²) in [7, 11) is 0. The minimum Gasteiger partial charge on any atom is -0.369 e. The first kappa shape index (κ1) is 7.52. The number of rotatable bonds is 2. The molecule has 1 aromatic rings. The molecule has 1 heterocycles. The normalized spacial score (nSPS) is 10.4. The number of carbonyl (C=O) groups excluding carboxylic acids is 1. The molecule has 0 aliphatic rings. The molecule has 1 rings (SSSR count). The molecule has 59 valence electrons. The summed E-state index contributed by atoms with van der Waals surface area (Å²) >= 11 is 0. The molecule has 0 aromatic carbocycles. The second-order valence-electron chi connectivity index (χ2n) is 1.95. The quantitative estimate of drug-likeness (QED) is 0.574. The van der Waals surface area contributed by atoms with Crippen molar-refractivity contribution in [2.75, 3.05) is 5.73 Å². The molecule has 11 heavy (non-hydrogen) atoms. The molecule has 1 radical (unpaired) electrons. The van der Waals surface area contributed by atoms with Gasteiger partial charge in [0.1, 0.15) is 5.92 Å². The van der Waals surface area contributed by atoms with Crippen molar-refractivity contribution in [3.8, 4) is 0 Å². The highest BCUT2D eigenvalue weighted by Gasteiger charge is 2.18. The van der Waals surface area contributed by atoms with Gasteiger partial charge in [0.2, 0.25) is 5.91 Å². The van der Waals surface area contributed by atoms with Crippen LogP contribution in [0.4, 0.5) is 6.01 Å². The van der Waals surface area contributed by atoms with Gasteiger partial charge in [-0.15, -0.1) is 0 Å². The van der Waals surface area contributed by atoms with E-state index in [9.17, 15) is 4.79 Å². The number of aromatic nitrogens is 2. The maximum Gasteiger partial charge on any atom is 0.318 e. The van der Waals surface area contributed by atoms with Crippen molar-refractivity contribution >= 4 is 11.9 Å². The molecule has 1 aromatic heterocycles. The molecule has 1 amide bonds. The van der Waals surface area contributed by atoms with E-state index in [0.29, 0.717) is 0 Å². The standard InChI is InChI=1S/C5H7N4O2/c1-2(3(6)10)4-8-5(7)11-9-4/h1H3,(H2,6,10)(H2,7,8,9). The van der Waals surface area contributed by atoms with Crippen LogP contribution in [-0.4, -0.2) is 16.0 Å². The molecule has 0 saturated carbocycles. The van der Waals surface area contributed by atoms with Crippen LogP contribution >= 0.6 is 0 Å². The number of hydrogen-bond acceptors (Lipinski definition) is 5. The highest BCUT2D eigenvalue weighted by molar-refractivity contribution is 5.90. The summed E-state index contributed by atoms with van der Waals surface area (Å²) in [6, 6.07) is -0.0828. The van der Waals surface area contributed by atoms with Gasteiger partial charge in [0.15, 0.2) is 5.82 Å². The lowest BCUT2D eigenvalue weighted by atomic mass is 10.1. The number of nitrogen functional groups attached to an aromatic ring is 1. The van der Waals surface area contributed by atoms with Crippen LogP contribution in [0.2, 0.25) is 0 Å². The lowest BCUT2D eigenvalue weighted by Crippen LogP contribution is -2.20. The van der Waals surface area contributed by atoms with Crippen LogP contribution in [0.3, 0.4) is 0 Å². The van der Waals surface area contributed by atoms with E-state index in [1.54, 1.807) is 0 Å². The Morgan fingerprint density at radius 1 is 1.64 bits per heavy atom. The van der Waals surface area contributed by atoms with Crippen LogP contribution in [0.5, 0.6) is 0 Å². The number of amides is 1. The minimum absolute atomic E-state index is 0.0828. The maximum atomic E-state index is 10.5. The molecule has 0 spiro atoms. The Balaban J connectivity index is 2.84. The van der Waals surface area contributed by atoms with Gasteiger partial charge in [-0.1, -0.05) is 5.16 Å². The Kier molecular flexibility index (Phi) is 1.75. The lowest BCUT2D eigenvalue weighted by Gasteiger charge is -1.96. The smallest absolute Gasteiger partial charge is 0.318 e. The zero-order valence-electron chi connectivity index (χ0n) is 5.87. The Labute approximate surface area is 62.6 Å². The molecule has 0 aliphatic carbocycles. The fourth-order valence-corrected chi connectivity index (χ4v) is 0.498. The number of hydrogen-bond donors (Lipinski definition) is 2. The average molecular weight is 155 g/mol. The van der Waals surface area contributed by atoms with Gasteiger partial charge >= 0.3 is 6.01 Å². The molecule has 4 N–H and O–H groups in total. The molecule has 6 heteroatoms. The highest BCUT2D eigenvalue weighted by Crippen LogP contribution is 2.09. The van der Waals surface area contributed by atoms with Crippen molar-refractivity contribution in [3.05, 3.63) is 11.7 Å². The number of nitrogens with two attached hydrogens (primary N) is 2. The number of primary amides is 1. The number of carbonyl (C=O) groups is 1. The molecule has 0 fully saturated rings. The zero-order valence-corrected chi connectivity index (χ0v) is 5.87. The van der Waals surface area contributed by atoms with Gasteiger partial charge in [-0.3, -0.25) is 4.79 Å². The van der Waals surface area contributed by atoms with Gasteiger partial charge in [0.05, 0.1) is 0 Å². The third-order valence-corrected chi connectivity index (χ3v) is 1.15. The zero-order chi connectivity index (χ0) is 8.43. The van der Waals surface area contributed by atoms with Gasteiger partial charge < -0.3 is 16.0 Å². The second kappa shape index (κ2) is 2.57.